The lowest BCUT2D eigenvalue weighted by molar-refractivity contribution is 0.415. The standard InChI is InChI=1S/C29H21NO.C14H12/c1-31-25-16-14-24(15-17-25)30(23-8-3-2-4-9-23)27-19-13-22-11-10-20-6-5-7-21-12-18-26(27)29(22)28(20)21;1-2-12-8-10-14(11-9-12)13-6-4-3-5-7-13/h2-19H,1H3;2-11H,1H2. The van der Waals surface area contributed by atoms with E-state index >= 15 is 0 Å². The summed E-state index contributed by atoms with van der Waals surface area (Å²) >= 11 is 0. The molecule has 0 aliphatic carbocycles. The first-order valence-electron chi connectivity index (χ1n) is 15.2. The van der Waals surface area contributed by atoms with E-state index in [1.165, 1.54) is 49.1 Å². The van der Waals surface area contributed by atoms with Gasteiger partial charge in [0, 0.05) is 16.8 Å². The maximum absolute atomic E-state index is 5.39. The Balaban J connectivity index is 0.000000195. The fraction of sp³-hybridized carbons (Fsp3) is 0.0233. The largest absolute Gasteiger partial charge is 0.497 e. The molecule has 0 amide bonds. The number of nitrogens with zero attached hydrogens (tertiary/aromatic N) is 1. The summed E-state index contributed by atoms with van der Waals surface area (Å²) in [5.74, 6) is 0.854. The molecule has 0 bridgehead atoms. The lowest BCUT2D eigenvalue weighted by Crippen LogP contribution is -2.10. The van der Waals surface area contributed by atoms with Crippen molar-refractivity contribution in [3.8, 4) is 16.9 Å². The molecule has 2 nitrogen and oxygen atoms in total. The number of ether oxygens (including phenoxy) is 1. The molecule has 0 unspecified atom stereocenters. The Bertz CT molecular complexity index is 2170. The lowest BCUT2D eigenvalue weighted by Gasteiger charge is -2.27. The third kappa shape index (κ3) is 5.50. The number of benzene rings is 8. The highest BCUT2D eigenvalue weighted by Gasteiger charge is 2.18. The molecule has 0 atom stereocenters. The molecule has 8 aromatic rings. The molecule has 0 heterocycles. The summed E-state index contributed by atoms with van der Waals surface area (Å²) in [6.07, 6.45) is 1.86. The Labute approximate surface area is 264 Å². The Hall–Kier alpha value is -5.86. The van der Waals surface area contributed by atoms with Gasteiger partial charge in [-0.1, -0.05) is 134 Å². The van der Waals surface area contributed by atoms with Gasteiger partial charge in [0.25, 0.3) is 0 Å². The Morgan fingerprint density at radius 1 is 0.489 bits per heavy atom. The fourth-order valence-corrected chi connectivity index (χ4v) is 6.09. The molecule has 216 valence electrons. The predicted octanol–water partition coefficient (Wildman–Crippen LogP) is 12.1. The van der Waals surface area contributed by atoms with Crippen LogP contribution in [0.5, 0.6) is 5.75 Å². The van der Waals surface area contributed by atoms with Crippen molar-refractivity contribution in [3.05, 3.63) is 176 Å². The Morgan fingerprint density at radius 3 is 1.69 bits per heavy atom. The second-order valence-electron chi connectivity index (χ2n) is 11.0. The maximum atomic E-state index is 5.39. The molecule has 2 heteroatoms. The van der Waals surface area contributed by atoms with Gasteiger partial charge in [0.2, 0.25) is 0 Å². The summed E-state index contributed by atoms with van der Waals surface area (Å²) in [6.45, 7) is 3.73. The maximum Gasteiger partial charge on any atom is 0.119 e. The van der Waals surface area contributed by atoms with E-state index in [1.807, 2.05) is 24.3 Å². The van der Waals surface area contributed by atoms with Gasteiger partial charge in [0.1, 0.15) is 5.75 Å². The van der Waals surface area contributed by atoms with Gasteiger partial charge in [-0.15, -0.1) is 0 Å². The van der Waals surface area contributed by atoms with E-state index in [1.54, 1.807) is 7.11 Å². The van der Waals surface area contributed by atoms with Crippen LogP contribution in [0.2, 0.25) is 0 Å². The molecule has 0 radical (unpaired) electrons. The predicted molar refractivity (Wildman–Crippen MR) is 193 cm³/mol. The average molecular weight is 580 g/mol. The molecule has 0 saturated carbocycles. The minimum atomic E-state index is 0.854. The van der Waals surface area contributed by atoms with Gasteiger partial charge >= 0.3 is 0 Å². The highest BCUT2D eigenvalue weighted by Crippen LogP contribution is 2.43. The van der Waals surface area contributed by atoms with Crippen LogP contribution in [-0.2, 0) is 0 Å². The van der Waals surface area contributed by atoms with E-state index in [-0.39, 0.29) is 0 Å². The molecule has 0 spiro atoms. The van der Waals surface area contributed by atoms with Gasteiger partial charge in [0.15, 0.2) is 0 Å². The molecule has 0 fully saturated rings. The Morgan fingerprint density at radius 2 is 1.04 bits per heavy atom. The zero-order chi connectivity index (χ0) is 30.6. The van der Waals surface area contributed by atoms with Crippen LogP contribution in [0.3, 0.4) is 0 Å². The molecule has 0 N–H and O–H groups in total. The van der Waals surface area contributed by atoms with Crippen molar-refractivity contribution in [1.29, 1.82) is 0 Å². The van der Waals surface area contributed by atoms with Gasteiger partial charge in [-0.25, -0.2) is 0 Å². The van der Waals surface area contributed by atoms with Gasteiger partial charge < -0.3 is 9.64 Å². The van der Waals surface area contributed by atoms with Gasteiger partial charge in [-0.05, 0) is 86.1 Å². The highest BCUT2D eigenvalue weighted by atomic mass is 16.5. The SMILES string of the molecule is C=Cc1ccc(-c2ccccc2)cc1.COc1ccc(N(c2ccccc2)c2ccc3ccc4cccc5ccc2c3c45)cc1. The fourth-order valence-electron chi connectivity index (χ4n) is 6.09. The van der Waals surface area contributed by atoms with Crippen molar-refractivity contribution in [2.24, 2.45) is 0 Å². The number of methoxy groups -OCH3 is 1. The number of hydrogen-bond donors (Lipinski definition) is 0. The average Bonchev–Trinajstić information content (AvgIpc) is 3.12. The van der Waals surface area contributed by atoms with Crippen molar-refractivity contribution < 1.29 is 4.74 Å². The molecule has 0 aliphatic rings. The normalized spacial score (nSPS) is 10.9. The van der Waals surface area contributed by atoms with Crippen LogP contribution in [0.15, 0.2) is 170 Å². The zero-order valence-electron chi connectivity index (χ0n) is 25.2. The summed E-state index contributed by atoms with van der Waals surface area (Å²) in [4.78, 5) is 2.32. The van der Waals surface area contributed by atoms with Crippen molar-refractivity contribution in [1.82, 2.24) is 0 Å². The van der Waals surface area contributed by atoms with E-state index in [9.17, 15) is 0 Å². The zero-order valence-corrected chi connectivity index (χ0v) is 25.2. The summed E-state index contributed by atoms with van der Waals surface area (Å²) in [5, 5.41) is 7.74. The minimum absolute atomic E-state index is 0.854. The van der Waals surface area contributed by atoms with Crippen LogP contribution in [0, 0.1) is 0 Å². The van der Waals surface area contributed by atoms with Gasteiger partial charge in [0.05, 0.1) is 12.8 Å². The van der Waals surface area contributed by atoms with Crippen LogP contribution < -0.4 is 9.64 Å². The first-order valence-corrected chi connectivity index (χ1v) is 15.2. The molecular formula is C43H33NO. The molecule has 8 rings (SSSR count). The van der Waals surface area contributed by atoms with Crippen molar-refractivity contribution in [2.75, 3.05) is 12.0 Å². The van der Waals surface area contributed by atoms with E-state index in [4.69, 9.17) is 4.74 Å². The Kier molecular flexibility index (Phi) is 7.70. The summed E-state index contributed by atoms with van der Waals surface area (Å²) in [7, 11) is 1.70. The number of rotatable bonds is 6. The van der Waals surface area contributed by atoms with Crippen molar-refractivity contribution >= 4 is 55.5 Å². The smallest absolute Gasteiger partial charge is 0.119 e. The van der Waals surface area contributed by atoms with E-state index in [0.717, 1.165) is 22.7 Å². The summed E-state index contributed by atoms with van der Waals surface area (Å²) in [6, 6.07) is 57.5. The second kappa shape index (κ2) is 12.4. The topological polar surface area (TPSA) is 12.5 Å². The molecule has 8 aromatic carbocycles. The van der Waals surface area contributed by atoms with Crippen LogP contribution in [0.25, 0.3) is 49.5 Å². The van der Waals surface area contributed by atoms with Crippen LogP contribution >= 0.6 is 0 Å². The highest BCUT2D eigenvalue weighted by molar-refractivity contribution is 6.25. The third-order valence-electron chi connectivity index (χ3n) is 8.35. The van der Waals surface area contributed by atoms with Crippen molar-refractivity contribution in [3.63, 3.8) is 0 Å². The van der Waals surface area contributed by atoms with Crippen molar-refractivity contribution in [2.45, 2.75) is 0 Å². The number of para-hydroxylation sites is 1. The van der Waals surface area contributed by atoms with Crippen LogP contribution in [0.4, 0.5) is 17.1 Å². The monoisotopic (exact) mass is 579 g/mol. The van der Waals surface area contributed by atoms with Crippen LogP contribution in [-0.4, -0.2) is 7.11 Å². The number of anilines is 3. The van der Waals surface area contributed by atoms with Gasteiger partial charge in [-0.2, -0.15) is 0 Å². The number of hydrogen-bond acceptors (Lipinski definition) is 2. The molecular weight excluding hydrogens is 546 g/mol. The molecule has 0 aliphatic heterocycles. The lowest BCUT2D eigenvalue weighted by atomic mass is 9.93. The summed E-state index contributed by atoms with van der Waals surface area (Å²) < 4.78 is 5.39. The van der Waals surface area contributed by atoms with Gasteiger partial charge in [-0.3, -0.25) is 0 Å². The van der Waals surface area contributed by atoms with E-state index in [0.29, 0.717) is 0 Å². The quantitative estimate of drug-likeness (QED) is 0.182. The van der Waals surface area contributed by atoms with E-state index in [2.05, 4.69) is 157 Å². The summed E-state index contributed by atoms with van der Waals surface area (Å²) in [5.41, 5.74) is 7.05. The molecule has 45 heavy (non-hydrogen) atoms. The van der Waals surface area contributed by atoms with E-state index < -0.39 is 0 Å². The molecule has 0 aromatic heterocycles. The minimum Gasteiger partial charge on any atom is -0.497 e. The third-order valence-corrected chi connectivity index (χ3v) is 8.35. The molecule has 0 saturated heterocycles. The second-order valence-corrected chi connectivity index (χ2v) is 11.0. The van der Waals surface area contributed by atoms with Crippen LogP contribution in [0.1, 0.15) is 5.56 Å². The first kappa shape index (κ1) is 27.9. The first-order chi connectivity index (χ1) is 22.2.